The van der Waals surface area contributed by atoms with Gasteiger partial charge < -0.3 is 10.0 Å². The summed E-state index contributed by atoms with van der Waals surface area (Å²) >= 11 is 1.62. The van der Waals surface area contributed by atoms with Crippen molar-refractivity contribution in [2.45, 2.75) is 27.2 Å². The van der Waals surface area contributed by atoms with Crippen LogP contribution in [0.3, 0.4) is 0 Å². The van der Waals surface area contributed by atoms with Crippen LogP contribution >= 0.6 is 11.3 Å². The summed E-state index contributed by atoms with van der Waals surface area (Å²) in [6.45, 7) is 7.33. The van der Waals surface area contributed by atoms with E-state index in [-0.39, 0.29) is 6.42 Å². The maximum Gasteiger partial charge on any atom is 0.305 e. The molecule has 0 amide bonds. The third kappa shape index (κ3) is 3.20. The predicted octanol–water partition coefficient (Wildman–Crippen LogP) is 2.06. The molecule has 4 nitrogen and oxygen atoms in total. The molecule has 0 saturated carbocycles. The second-order valence-electron chi connectivity index (χ2n) is 3.36. The van der Waals surface area contributed by atoms with Crippen LogP contribution in [0, 0.1) is 13.8 Å². The Kier molecular flexibility index (Phi) is 4.08. The molecule has 0 radical (unpaired) electrons. The van der Waals surface area contributed by atoms with Gasteiger partial charge in [-0.1, -0.05) is 0 Å². The van der Waals surface area contributed by atoms with Gasteiger partial charge in [0.15, 0.2) is 5.13 Å². The van der Waals surface area contributed by atoms with Crippen LogP contribution in [0.2, 0.25) is 0 Å². The van der Waals surface area contributed by atoms with Gasteiger partial charge in [0.25, 0.3) is 0 Å². The molecule has 0 aliphatic carbocycles. The molecule has 0 aliphatic rings. The Morgan fingerprint density at radius 1 is 1.53 bits per heavy atom. The van der Waals surface area contributed by atoms with Crippen LogP contribution in [0.15, 0.2) is 0 Å². The molecule has 0 spiro atoms. The molecule has 1 aromatic rings. The van der Waals surface area contributed by atoms with Crippen molar-refractivity contribution in [3.63, 3.8) is 0 Å². The zero-order chi connectivity index (χ0) is 11.4. The van der Waals surface area contributed by atoms with Crippen molar-refractivity contribution in [2.24, 2.45) is 0 Å². The highest BCUT2D eigenvalue weighted by atomic mass is 32.1. The molecule has 0 atom stereocenters. The minimum absolute atomic E-state index is 0.158. The summed E-state index contributed by atoms with van der Waals surface area (Å²) in [6.07, 6.45) is 0.158. The Bertz CT molecular complexity index is 330. The van der Waals surface area contributed by atoms with Crippen molar-refractivity contribution in [1.29, 1.82) is 0 Å². The first kappa shape index (κ1) is 12.0. The second kappa shape index (κ2) is 5.11. The van der Waals surface area contributed by atoms with Crippen molar-refractivity contribution in [1.82, 2.24) is 4.98 Å². The van der Waals surface area contributed by atoms with Crippen molar-refractivity contribution in [3.05, 3.63) is 10.6 Å². The first-order chi connectivity index (χ1) is 7.04. The molecular weight excluding hydrogens is 212 g/mol. The van der Waals surface area contributed by atoms with E-state index in [0.29, 0.717) is 6.54 Å². The lowest BCUT2D eigenvalue weighted by atomic mass is 10.4. The zero-order valence-electron chi connectivity index (χ0n) is 9.28. The molecule has 1 aromatic heterocycles. The molecule has 0 bridgehead atoms. The summed E-state index contributed by atoms with van der Waals surface area (Å²) < 4.78 is 0. The molecule has 1 N–H and O–H groups in total. The van der Waals surface area contributed by atoms with Gasteiger partial charge in [-0.05, 0) is 20.8 Å². The molecule has 0 saturated heterocycles. The highest BCUT2D eigenvalue weighted by Gasteiger charge is 2.11. The van der Waals surface area contributed by atoms with Gasteiger partial charge in [0.05, 0.1) is 12.1 Å². The van der Waals surface area contributed by atoms with Gasteiger partial charge in [-0.3, -0.25) is 4.79 Å². The van der Waals surface area contributed by atoms with Crippen molar-refractivity contribution in [2.75, 3.05) is 18.0 Å². The van der Waals surface area contributed by atoms with Crippen LogP contribution in [0.4, 0.5) is 5.13 Å². The summed E-state index contributed by atoms with van der Waals surface area (Å²) in [7, 11) is 0. The van der Waals surface area contributed by atoms with Crippen LogP contribution in [-0.2, 0) is 4.79 Å². The van der Waals surface area contributed by atoms with E-state index in [4.69, 9.17) is 5.11 Å². The van der Waals surface area contributed by atoms with Gasteiger partial charge in [0.2, 0.25) is 0 Å². The smallest absolute Gasteiger partial charge is 0.305 e. The maximum atomic E-state index is 10.5. The van der Waals surface area contributed by atoms with E-state index in [0.717, 1.165) is 17.4 Å². The third-order valence-corrected chi connectivity index (χ3v) is 3.40. The number of thiazole rings is 1. The minimum atomic E-state index is -0.765. The largest absolute Gasteiger partial charge is 0.481 e. The van der Waals surface area contributed by atoms with Crippen LogP contribution in [0.1, 0.15) is 23.9 Å². The molecule has 0 fully saturated rings. The predicted molar refractivity (Wildman–Crippen MR) is 61.7 cm³/mol. The third-order valence-electron chi connectivity index (χ3n) is 2.27. The van der Waals surface area contributed by atoms with Crippen LogP contribution in [0.5, 0.6) is 0 Å². The first-order valence-corrected chi connectivity index (χ1v) is 5.77. The first-order valence-electron chi connectivity index (χ1n) is 4.95. The van der Waals surface area contributed by atoms with E-state index < -0.39 is 5.97 Å². The Morgan fingerprint density at radius 3 is 2.60 bits per heavy atom. The summed E-state index contributed by atoms with van der Waals surface area (Å²) in [6, 6.07) is 0. The summed E-state index contributed by atoms with van der Waals surface area (Å²) in [5.74, 6) is -0.765. The lowest BCUT2D eigenvalue weighted by Gasteiger charge is -2.18. The lowest BCUT2D eigenvalue weighted by molar-refractivity contribution is -0.136. The average Bonchev–Trinajstić information content (AvgIpc) is 2.47. The van der Waals surface area contributed by atoms with Crippen LogP contribution in [0.25, 0.3) is 0 Å². The summed E-state index contributed by atoms with van der Waals surface area (Å²) in [4.78, 5) is 18.1. The van der Waals surface area contributed by atoms with Gasteiger partial charge in [-0.15, -0.1) is 11.3 Å². The molecule has 1 heterocycles. The Labute approximate surface area is 93.6 Å². The number of carbonyl (C=O) groups is 1. The van der Waals surface area contributed by atoms with E-state index in [9.17, 15) is 4.79 Å². The van der Waals surface area contributed by atoms with Gasteiger partial charge in [0, 0.05) is 18.0 Å². The number of aliphatic carboxylic acids is 1. The van der Waals surface area contributed by atoms with Crippen molar-refractivity contribution < 1.29 is 9.90 Å². The number of anilines is 1. The standard InChI is InChI=1S/C10H16N2O2S/c1-4-12(6-5-9(13)14)10-11-7(2)8(3)15-10/h4-6H2,1-3H3,(H,13,14). The zero-order valence-corrected chi connectivity index (χ0v) is 10.1. The molecule has 84 valence electrons. The number of aryl methyl sites for hydroxylation is 2. The Morgan fingerprint density at radius 2 is 2.20 bits per heavy atom. The molecule has 5 heteroatoms. The van der Waals surface area contributed by atoms with Crippen molar-refractivity contribution in [3.8, 4) is 0 Å². The normalized spacial score (nSPS) is 10.3. The van der Waals surface area contributed by atoms with Gasteiger partial charge in [0.1, 0.15) is 0 Å². The monoisotopic (exact) mass is 228 g/mol. The highest BCUT2D eigenvalue weighted by molar-refractivity contribution is 7.15. The van der Waals surface area contributed by atoms with E-state index in [1.807, 2.05) is 25.7 Å². The number of carboxylic acids is 1. The summed E-state index contributed by atoms with van der Waals surface area (Å²) in [5, 5.41) is 9.55. The van der Waals surface area contributed by atoms with Crippen molar-refractivity contribution >= 4 is 22.4 Å². The summed E-state index contributed by atoms with van der Waals surface area (Å²) in [5.41, 5.74) is 1.03. The highest BCUT2D eigenvalue weighted by Crippen LogP contribution is 2.24. The Balaban J connectivity index is 2.69. The number of nitrogens with zero attached hydrogens (tertiary/aromatic N) is 2. The second-order valence-corrected chi connectivity index (χ2v) is 4.54. The van der Waals surface area contributed by atoms with Crippen LogP contribution in [-0.4, -0.2) is 29.1 Å². The molecular formula is C10H16N2O2S. The molecule has 0 aliphatic heterocycles. The van der Waals surface area contributed by atoms with E-state index in [2.05, 4.69) is 4.98 Å². The van der Waals surface area contributed by atoms with E-state index >= 15 is 0 Å². The minimum Gasteiger partial charge on any atom is -0.481 e. The average molecular weight is 228 g/mol. The quantitative estimate of drug-likeness (QED) is 0.838. The Hall–Kier alpha value is -1.10. The number of carboxylic acid groups (broad SMARTS) is 1. The molecule has 0 aromatic carbocycles. The fourth-order valence-corrected chi connectivity index (χ4v) is 2.21. The molecule has 15 heavy (non-hydrogen) atoms. The van der Waals surface area contributed by atoms with E-state index in [1.54, 1.807) is 11.3 Å². The van der Waals surface area contributed by atoms with Crippen LogP contribution < -0.4 is 4.90 Å². The molecule has 1 rings (SSSR count). The lowest BCUT2D eigenvalue weighted by Crippen LogP contribution is -2.25. The maximum absolute atomic E-state index is 10.5. The van der Waals surface area contributed by atoms with Gasteiger partial charge in [-0.2, -0.15) is 0 Å². The van der Waals surface area contributed by atoms with Gasteiger partial charge in [-0.25, -0.2) is 4.98 Å². The molecule has 0 unspecified atom stereocenters. The number of rotatable bonds is 5. The fourth-order valence-electron chi connectivity index (χ4n) is 1.21. The SMILES string of the molecule is CCN(CCC(=O)O)c1nc(C)c(C)s1. The topological polar surface area (TPSA) is 53.4 Å². The number of aromatic nitrogens is 1. The number of hydrogen-bond donors (Lipinski definition) is 1. The fraction of sp³-hybridized carbons (Fsp3) is 0.600. The van der Waals surface area contributed by atoms with Gasteiger partial charge >= 0.3 is 5.97 Å². The number of hydrogen-bond acceptors (Lipinski definition) is 4. The van der Waals surface area contributed by atoms with E-state index in [1.165, 1.54) is 4.88 Å².